The maximum Gasteiger partial charge on any atom is 0.417 e. The SMILES string of the molecule is COOP(=O)(COS(=O)(=O)c1c(OC)cccc1C(F)(F)F)OOC(C)C. The van der Waals surface area contributed by atoms with Crippen LogP contribution in [-0.2, 0) is 44.2 Å². The minimum atomic E-state index is -5.10. The fourth-order valence-corrected chi connectivity index (χ4v) is 4.35. The molecule has 0 aliphatic rings. The average molecular weight is 438 g/mol. The van der Waals surface area contributed by atoms with Crippen molar-refractivity contribution in [1.29, 1.82) is 0 Å². The predicted molar refractivity (Wildman–Crippen MR) is 84.1 cm³/mol. The lowest BCUT2D eigenvalue weighted by molar-refractivity contribution is -0.274. The summed E-state index contributed by atoms with van der Waals surface area (Å²) in [4.78, 5) is 7.51. The minimum absolute atomic E-state index is 0.530. The first-order valence-corrected chi connectivity index (χ1v) is 10.3. The maximum absolute atomic E-state index is 13.2. The molecular weight excluding hydrogens is 420 g/mol. The Hall–Kier alpha value is -1.21. The third-order valence-corrected chi connectivity index (χ3v) is 5.32. The second kappa shape index (κ2) is 9.32. The summed E-state index contributed by atoms with van der Waals surface area (Å²) in [6, 6.07) is 2.48. The summed E-state index contributed by atoms with van der Waals surface area (Å²) in [5.41, 5.74) is -1.52. The third kappa shape index (κ3) is 6.71. The summed E-state index contributed by atoms with van der Waals surface area (Å²) in [6.45, 7) is 3.00. The third-order valence-electron chi connectivity index (χ3n) is 2.66. The van der Waals surface area contributed by atoms with E-state index < -0.39 is 52.6 Å². The fourth-order valence-electron chi connectivity index (χ4n) is 1.67. The molecule has 1 unspecified atom stereocenters. The zero-order valence-electron chi connectivity index (χ0n) is 14.7. The lowest BCUT2D eigenvalue weighted by Crippen LogP contribution is -2.18. The molecule has 0 amide bonds. The van der Waals surface area contributed by atoms with Gasteiger partial charge in [0.1, 0.15) is 10.6 Å². The molecule has 0 saturated carbocycles. The van der Waals surface area contributed by atoms with Crippen molar-refractivity contribution in [3.05, 3.63) is 23.8 Å². The van der Waals surface area contributed by atoms with E-state index in [1.807, 2.05) is 0 Å². The van der Waals surface area contributed by atoms with Gasteiger partial charge < -0.3 is 4.74 Å². The van der Waals surface area contributed by atoms with Gasteiger partial charge in [0, 0.05) is 0 Å². The zero-order chi connectivity index (χ0) is 20.9. The molecular formula is C13H18F3O9PS. The van der Waals surface area contributed by atoms with E-state index >= 15 is 0 Å². The highest BCUT2D eigenvalue weighted by Gasteiger charge is 2.41. The molecule has 0 aliphatic heterocycles. The Bertz CT molecular complexity index is 780. The Balaban J connectivity index is 3.22. The van der Waals surface area contributed by atoms with Gasteiger partial charge in [0.15, 0.2) is 6.35 Å². The molecule has 0 heterocycles. The van der Waals surface area contributed by atoms with E-state index in [0.717, 1.165) is 26.4 Å². The Morgan fingerprint density at radius 1 is 1.15 bits per heavy atom. The van der Waals surface area contributed by atoms with Gasteiger partial charge in [-0.15, -0.1) is 9.35 Å². The number of halogens is 3. The van der Waals surface area contributed by atoms with E-state index in [2.05, 4.69) is 28.0 Å². The van der Waals surface area contributed by atoms with Crippen LogP contribution in [0.4, 0.5) is 13.2 Å². The summed E-state index contributed by atoms with van der Waals surface area (Å²) in [5, 5.41) is 0. The van der Waals surface area contributed by atoms with Crippen LogP contribution in [0.1, 0.15) is 19.4 Å². The average Bonchev–Trinajstić information content (AvgIpc) is 2.57. The number of alkyl halides is 3. The first kappa shape index (κ1) is 23.8. The molecule has 0 fully saturated rings. The van der Waals surface area contributed by atoms with Crippen LogP contribution in [0.15, 0.2) is 23.1 Å². The second-order valence-corrected chi connectivity index (χ2v) is 8.44. The standard InChI is InChI=1S/C13H18F3O9PS/c1-9(2)23-25-26(17,24-21-4)8-22-27(18,19)12-10(13(14,15)16)6-5-7-11(12)20-3/h5-7,9H,8H2,1-4H3. The van der Waals surface area contributed by atoms with E-state index in [9.17, 15) is 26.2 Å². The molecule has 1 rings (SSSR count). The van der Waals surface area contributed by atoms with Crippen LogP contribution in [0.2, 0.25) is 0 Å². The van der Waals surface area contributed by atoms with Crippen LogP contribution in [0.5, 0.6) is 5.75 Å². The summed E-state index contributed by atoms with van der Waals surface area (Å²) in [7, 11) is -7.61. The Labute approximate surface area is 153 Å². The first-order chi connectivity index (χ1) is 12.4. The molecule has 0 saturated heterocycles. The van der Waals surface area contributed by atoms with E-state index in [1.54, 1.807) is 0 Å². The van der Waals surface area contributed by atoms with Crippen LogP contribution in [-0.4, -0.2) is 35.1 Å². The van der Waals surface area contributed by atoms with Crippen LogP contribution >= 0.6 is 7.60 Å². The molecule has 0 radical (unpaired) electrons. The summed E-state index contributed by atoms with van der Waals surface area (Å²) in [5.74, 6) is -0.619. The fraction of sp³-hybridized carbons (Fsp3) is 0.538. The quantitative estimate of drug-likeness (QED) is 0.235. The topological polar surface area (TPSA) is 107 Å². The maximum atomic E-state index is 13.2. The van der Waals surface area contributed by atoms with Crippen molar-refractivity contribution in [3.63, 3.8) is 0 Å². The van der Waals surface area contributed by atoms with Gasteiger partial charge in [-0.25, -0.2) is 9.78 Å². The normalized spacial score (nSPS) is 15.0. The van der Waals surface area contributed by atoms with Gasteiger partial charge >= 0.3 is 23.9 Å². The lowest BCUT2D eigenvalue weighted by atomic mass is 10.2. The summed E-state index contributed by atoms with van der Waals surface area (Å²) < 4.78 is 94.5. The number of hydrogen-bond acceptors (Lipinski definition) is 9. The summed E-state index contributed by atoms with van der Waals surface area (Å²) in [6.07, 6.45) is -6.93. The predicted octanol–water partition coefficient (Wildman–Crippen LogP) is 3.50. The van der Waals surface area contributed by atoms with Gasteiger partial charge in [-0.2, -0.15) is 21.6 Å². The van der Waals surface area contributed by atoms with Crippen LogP contribution in [0.3, 0.4) is 0 Å². The molecule has 1 atom stereocenters. The van der Waals surface area contributed by atoms with Crippen molar-refractivity contribution in [1.82, 2.24) is 0 Å². The van der Waals surface area contributed by atoms with Gasteiger partial charge in [0.05, 0.1) is 25.9 Å². The van der Waals surface area contributed by atoms with Crippen molar-refractivity contribution < 1.29 is 54.2 Å². The highest BCUT2D eigenvalue weighted by Crippen LogP contribution is 2.50. The Morgan fingerprint density at radius 3 is 2.26 bits per heavy atom. The smallest absolute Gasteiger partial charge is 0.417 e. The molecule has 14 heteroatoms. The number of rotatable bonds is 10. The van der Waals surface area contributed by atoms with Crippen molar-refractivity contribution in [2.75, 3.05) is 20.6 Å². The molecule has 0 bridgehead atoms. The Kier molecular flexibility index (Phi) is 8.23. The number of methoxy groups -OCH3 is 1. The van der Waals surface area contributed by atoms with Crippen LogP contribution in [0, 0.1) is 0 Å². The highest BCUT2D eigenvalue weighted by atomic mass is 32.2. The Morgan fingerprint density at radius 2 is 1.78 bits per heavy atom. The number of hydrogen-bond donors (Lipinski definition) is 0. The van der Waals surface area contributed by atoms with E-state index in [4.69, 9.17) is 0 Å². The van der Waals surface area contributed by atoms with Crippen molar-refractivity contribution in [2.45, 2.75) is 31.0 Å². The van der Waals surface area contributed by atoms with Crippen LogP contribution in [0.25, 0.3) is 0 Å². The zero-order valence-corrected chi connectivity index (χ0v) is 16.4. The number of ether oxygens (including phenoxy) is 1. The molecule has 0 aromatic heterocycles. The van der Waals surface area contributed by atoms with E-state index in [-0.39, 0.29) is 0 Å². The van der Waals surface area contributed by atoms with Crippen molar-refractivity contribution in [3.8, 4) is 5.75 Å². The number of benzene rings is 1. The molecule has 0 N–H and O–H groups in total. The molecule has 1 aromatic rings. The molecule has 156 valence electrons. The summed E-state index contributed by atoms with van der Waals surface area (Å²) >= 11 is 0. The van der Waals surface area contributed by atoms with Gasteiger partial charge in [-0.05, 0) is 26.0 Å². The highest BCUT2D eigenvalue weighted by molar-refractivity contribution is 7.87. The molecule has 0 aliphatic carbocycles. The first-order valence-electron chi connectivity index (χ1n) is 7.16. The minimum Gasteiger partial charge on any atom is -0.495 e. The van der Waals surface area contributed by atoms with E-state index in [1.165, 1.54) is 13.8 Å². The van der Waals surface area contributed by atoms with Gasteiger partial charge in [-0.1, -0.05) is 6.07 Å². The van der Waals surface area contributed by atoms with Gasteiger partial charge in [-0.3, -0.25) is 8.75 Å². The molecule has 9 nitrogen and oxygen atoms in total. The lowest BCUT2D eigenvalue weighted by Gasteiger charge is -2.18. The molecule has 27 heavy (non-hydrogen) atoms. The molecule has 1 aromatic carbocycles. The van der Waals surface area contributed by atoms with E-state index in [0.29, 0.717) is 6.07 Å². The monoisotopic (exact) mass is 438 g/mol. The van der Waals surface area contributed by atoms with Crippen LogP contribution < -0.4 is 4.74 Å². The second-order valence-electron chi connectivity index (χ2n) is 5.11. The van der Waals surface area contributed by atoms with Gasteiger partial charge in [0.25, 0.3) is 0 Å². The largest absolute Gasteiger partial charge is 0.495 e. The van der Waals surface area contributed by atoms with Crippen molar-refractivity contribution in [2.24, 2.45) is 0 Å². The van der Waals surface area contributed by atoms with Gasteiger partial charge in [0.2, 0.25) is 0 Å². The molecule has 0 spiro atoms. The van der Waals surface area contributed by atoms with Crippen molar-refractivity contribution >= 4 is 17.7 Å².